The molecule has 1 aliphatic heterocycles. The average molecular weight is 327 g/mol. The molecule has 1 aliphatic rings. The summed E-state index contributed by atoms with van der Waals surface area (Å²) in [5.41, 5.74) is 13.5. The molecule has 0 spiro atoms. The highest BCUT2D eigenvalue weighted by molar-refractivity contribution is 5.41. The Morgan fingerprint density at radius 2 is 1.42 bits per heavy atom. The predicted octanol–water partition coefficient (Wildman–Crippen LogP) is 3.35. The second-order valence-electron chi connectivity index (χ2n) is 5.75. The van der Waals surface area contributed by atoms with Crippen LogP contribution in [0.4, 0.5) is 8.78 Å². The number of hydrogen-bond acceptors (Lipinski definition) is 3. The Labute approximate surface area is 139 Å². The summed E-state index contributed by atoms with van der Waals surface area (Å²) in [5, 5.41) is 0. The molecular weight excluding hydrogens is 308 g/mol. The number of halogens is 2. The lowest BCUT2D eigenvalue weighted by atomic mass is 9.99. The fourth-order valence-corrected chi connectivity index (χ4v) is 2.78. The summed E-state index contributed by atoms with van der Waals surface area (Å²) in [6.45, 7) is 0.243. The van der Waals surface area contributed by atoms with E-state index in [9.17, 15) is 8.78 Å². The zero-order chi connectivity index (χ0) is 17.1. The van der Waals surface area contributed by atoms with Crippen LogP contribution in [-0.2, 0) is 13.0 Å². The first-order chi connectivity index (χ1) is 11.6. The molecule has 5 heteroatoms. The maximum atomic E-state index is 14.7. The van der Waals surface area contributed by atoms with E-state index < -0.39 is 17.8 Å². The van der Waals surface area contributed by atoms with E-state index >= 15 is 0 Å². The lowest BCUT2D eigenvalue weighted by Crippen LogP contribution is -2.47. The molecular formula is C19H19F2N3. The van der Waals surface area contributed by atoms with Gasteiger partial charge in [-0.1, -0.05) is 60.7 Å². The summed E-state index contributed by atoms with van der Waals surface area (Å²) in [5.74, 6) is -1.55. The van der Waals surface area contributed by atoms with Crippen molar-refractivity contribution in [1.29, 1.82) is 0 Å². The largest absolute Gasteiger partial charge is 0.383 e. The lowest BCUT2D eigenvalue weighted by molar-refractivity contribution is 0.225. The van der Waals surface area contributed by atoms with E-state index in [2.05, 4.69) is 0 Å². The van der Waals surface area contributed by atoms with E-state index in [4.69, 9.17) is 11.5 Å². The van der Waals surface area contributed by atoms with Crippen LogP contribution in [0.1, 0.15) is 11.1 Å². The number of rotatable bonds is 4. The average Bonchev–Trinajstić information content (AvgIpc) is 2.62. The molecule has 0 aliphatic carbocycles. The second-order valence-corrected chi connectivity index (χ2v) is 5.75. The van der Waals surface area contributed by atoms with E-state index in [-0.39, 0.29) is 24.4 Å². The first-order valence-corrected chi connectivity index (χ1v) is 7.72. The zero-order valence-electron chi connectivity index (χ0n) is 13.1. The first-order valence-electron chi connectivity index (χ1n) is 7.72. The third-order valence-corrected chi connectivity index (χ3v) is 4.10. The molecule has 124 valence electrons. The molecule has 3 nitrogen and oxygen atoms in total. The normalized spacial score (nSPS) is 18.3. The van der Waals surface area contributed by atoms with Crippen molar-refractivity contribution in [2.24, 2.45) is 11.5 Å². The van der Waals surface area contributed by atoms with Gasteiger partial charge in [-0.25, -0.2) is 8.78 Å². The number of allylic oxidation sites excluding steroid dienone is 2. The molecule has 1 unspecified atom stereocenters. The summed E-state index contributed by atoms with van der Waals surface area (Å²) in [6.07, 6.45) is -0.977. The maximum Gasteiger partial charge on any atom is 0.169 e. The van der Waals surface area contributed by atoms with Gasteiger partial charge in [0.1, 0.15) is 17.8 Å². The van der Waals surface area contributed by atoms with Gasteiger partial charge in [-0.2, -0.15) is 0 Å². The van der Waals surface area contributed by atoms with Crippen LogP contribution in [0.2, 0.25) is 0 Å². The molecule has 2 aromatic rings. The molecule has 0 amide bonds. The van der Waals surface area contributed by atoms with Crippen LogP contribution in [0.25, 0.3) is 0 Å². The quantitative estimate of drug-likeness (QED) is 0.905. The van der Waals surface area contributed by atoms with Gasteiger partial charge in [0, 0.05) is 18.5 Å². The van der Waals surface area contributed by atoms with Crippen LogP contribution in [0, 0.1) is 0 Å². The Morgan fingerprint density at radius 1 is 0.875 bits per heavy atom. The third kappa shape index (κ3) is 3.16. The standard InChI is InChI=1S/C19H19F2N3/c20-16-15(11-13-7-3-1-4-8-13)17(21)19(23)24(18(16)22)12-14-9-5-2-6-10-14/h1-10,18H,11-12,22-23H2. The molecule has 4 N–H and O–H groups in total. The molecule has 0 saturated heterocycles. The van der Waals surface area contributed by atoms with Gasteiger partial charge < -0.3 is 16.4 Å². The summed E-state index contributed by atoms with van der Waals surface area (Å²) in [6, 6.07) is 18.4. The van der Waals surface area contributed by atoms with Crippen LogP contribution in [0.15, 0.2) is 83.7 Å². The van der Waals surface area contributed by atoms with Crippen LogP contribution >= 0.6 is 0 Å². The van der Waals surface area contributed by atoms with Crippen LogP contribution in [-0.4, -0.2) is 11.1 Å². The monoisotopic (exact) mass is 327 g/mol. The third-order valence-electron chi connectivity index (χ3n) is 4.10. The fourth-order valence-electron chi connectivity index (χ4n) is 2.78. The van der Waals surface area contributed by atoms with E-state index in [1.807, 2.05) is 60.7 Å². The highest BCUT2D eigenvalue weighted by Gasteiger charge is 2.32. The molecule has 1 atom stereocenters. The van der Waals surface area contributed by atoms with Gasteiger partial charge in [-0.05, 0) is 11.1 Å². The highest BCUT2D eigenvalue weighted by Crippen LogP contribution is 2.33. The van der Waals surface area contributed by atoms with E-state index in [1.54, 1.807) is 0 Å². The minimum atomic E-state index is -1.09. The van der Waals surface area contributed by atoms with Crippen LogP contribution in [0.3, 0.4) is 0 Å². The Kier molecular flexibility index (Phi) is 4.62. The number of benzene rings is 2. The maximum absolute atomic E-state index is 14.7. The molecule has 0 radical (unpaired) electrons. The molecule has 0 bridgehead atoms. The van der Waals surface area contributed by atoms with Crippen molar-refractivity contribution in [3.63, 3.8) is 0 Å². The molecule has 0 saturated carbocycles. The van der Waals surface area contributed by atoms with Gasteiger partial charge in [-0.3, -0.25) is 0 Å². The molecule has 0 aromatic heterocycles. The highest BCUT2D eigenvalue weighted by atomic mass is 19.1. The number of hydrogen-bond donors (Lipinski definition) is 2. The first kappa shape index (κ1) is 16.2. The van der Waals surface area contributed by atoms with E-state index in [1.165, 1.54) is 4.90 Å². The predicted molar refractivity (Wildman–Crippen MR) is 90.6 cm³/mol. The SMILES string of the molecule is NC1=C(F)C(Cc2ccccc2)=C(F)C(N)N1Cc1ccccc1. The van der Waals surface area contributed by atoms with Crippen molar-refractivity contribution in [2.75, 3.05) is 0 Å². The minimum absolute atomic E-state index is 0.0736. The summed E-state index contributed by atoms with van der Waals surface area (Å²) < 4.78 is 29.4. The number of nitrogens with two attached hydrogens (primary N) is 2. The molecule has 24 heavy (non-hydrogen) atoms. The second kappa shape index (κ2) is 6.84. The van der Waals surface area contributed by atoms with Crippen molar-refractivity contribution in [3.8, 4) is 0 Å². The number of nitrogens with zero attached hydrogens (tertiary/aromatic N) is 1. The van der Waals surface area contributed by atoms with Crippen molar-refractivity contribution >= 4 is 0 Å². The summed E-state index contributed by atoms with van der Waals surface area (Å²) >= 11 is 0. The van der Waals surface area contributed by atoms with Gasteiger partial charge in [-0.15, -0.1) is 0 Å². The van der Waals surface area contributed by atoms with Crippen molar-refractivity contribution in [2.45, 2.75) is 19.1 Å². The molecule has 0 fully saturated rings. The van der Waals surface area contributed by atoms with Gasteiger partial charge in [0.25, 0.3) is 0 Å². The van der Waals surface area contributed by atoms with Crippen molar-refractivity contribution in [1.82, 2.24) is 4.90 Å². The fraction of sp³-hybridized carbons (Fsp3) is 0.158. The lowest BCUT2D eigenvalue weighted by Gasteiger charge is -2.35. The van der Waals surface area contributed by atoms with Crippen molar-refractivity contribution in [3.05, 3.63) is 94.8 Å². The minimum Gasteiger partial charge on any atom is -0.383 e. The van der Waals surface area contributed by atoms with Crippen LogP contribution in [0.5, 0.6) is 0 Å². The molecule has 2 aromatic carbocycles. The summed E-state index contributed by atoms with van der Waals surface area (Å²) in [7, 11) is 0. The van der Waals surface area contributed by atoms with Gasteiger partial charge in [0.2, 0.25) is 0 Å². The Morgan fingerprint density at radius 3 is 2.00 bits per heavy atom. The smallest absolute Gasteiger partial charge is 0.169 e. The molecule has 3 rings (SSSR count). The Bertz CT molecular complexity index is 770. The van der Waals surface area contributed by atoms with Gasteiger partial charge >= 0.3 is 0 Å². The summed E-state index contributed by atoms with van der Waals surface area (Å²) in [4.78, 5) is 1.34. The van der Waals surface area contributed by atoms with E-state index in [0.717, 1.165) is 11.1 Å². The topological polar surface area (TPSA) is 55.3 Å². The van der Waals surface area contributed by atoms with Gasteiger partial charge in [0.15, 0.2) is 5.83 Å². The molecule has 1 heterocycles. The Hall–Kier alpha value is -2.66. The zero-order valence-corrected chi connectivity index (χ0v) is 13.1. The van der Waals surface area contributed by atoms with E-state index in [0.29, 0.717) is 0 Å². The Balaban J connectivity index is 1.88. The van der Waals surface area contributed by atoms with Crippen molar-refractivity contribution < 1.29 is 8.78 Å². The van der Waals surface area contributed by atoms with Crippen LogP contribution < -0.4 is 11.5 Å². The van der Waals surface area contributed by atoms with Gasteiger partial charge in [0.05, 0.1) is 0 Å².